The van der Waals surface area contributed by atoms with Gasteiger partial charge in [0.1, 0.15) is 11.3 Å². The molecule has 53 heavy (non-hydrogen) atoms. The van der Waals surface area contributed by atoms with E-state index in [1.165, 1.54) is 82.2 Å². The fraction of sp³-hybridized carbons (Fsp3) is 0.0980. The van der Waals surface area contributed by atoms with E-state index < -0.39 is 0 Å². The zero-order chi connectivity index (χ0) is 35.4. The fourth-order valence-corrected chi connectivity index (χ4v) is 9.75. The first-order chi connectivity index (χ1) is 25.9. The predicted octanol–water partition coefficient (Wildman–Crippen LogP) is 12.4. The maximum absolute atomic E-state index is 6.64. The average molecular weight is 692 g/mol. The molecule has 0 bridgehead atoms. The molecule has 1 aromatic heterocycles. The minimum absolute atomic E-state index is 0.114. The highest BCUT2D eigenvalue weighted by Gasteiger charge is 2.36. The van der Waals surface area contributed by atoms with Crippen LogP contribution < -0.4 is 5.19 Å². The largest absolute Gasteiger partial charge is 0.456 e. The summed E-state index contributed by atoms with van der Waals surface area (Å²) in [4.78, 5) is 0. The molecule has 8 aromatic carbocycles. The Bertz CT molecular complexity index is 2950. The summed E-state index contributed by atoms with van der Waals surface area (Å²) >= 11 is 0. The van der Waals surface area contributed by atoms with Gasteiger partial charge in [-0.2, -0.15) is 0 Å². The lowest BCUT2D eigenvalue weighted by Gasteiger charge is -2.26. The molecular formula is C51H35OSi. The molecule has 0 saturated carbocycles. The zero-order valence-corrected chi connectivity index (χ0v) is 30.7. The molecule has 0 aliphatic heterocycles. The molecule has 0 fully saturated rings. The predicted molar refractivity (Wildman–Crippen MR) is 224 cm³/mol. The topological polar surface area (TPSA) is 13.1 Å². The van der Waals surface area contributed by atoms with Crippen molar-refractivity contribution < 1.29 is 4.42 Å². The first-order valence-corrected chi connectivity index (χ1v) is 19.1. The molecule has 0 saturated heterocycles. The average Bonchev–Trinajstić information content (AvgIpc) is 3.67. The van der Waals surface area contributed by atoms with E-state index >= 15 is 0 Å². The molecule has 1 nitrogen and oxygen atoms in total. The van der Waals surface area contributed by atoms with E-state index in [1.54, 1.807) is 0 Å². The third kappa shape index (κ3) is 4.49. The van der Waals surface area contributed by atoms with Crippen LogP contribution in [0.3, 0.4) is 0 Å². The van der Waals surface area contributed by atoms with Gasteiger partial charge >= 0.3 is 0 Å². The Kier molecular flexibility index (Phi) is 6.51. The Labute approximate surface area is 312 Å². The Morgan fingerprint density at radius 3 is 1.87 bits per heavy atom. The van der Waals surface area contributed by atoms with E-state index in [9.17, 15) is 0 Å². The van der Waals surface area contributed by atoms with Crippen molar-refractivity contribution in [3.63, 3.8) is 0 Å². The molecule has 11 rings (SSSR count). The van der Waals surface area contributed by atoms with Gasteiger partial charge in [-0.3, -0.25) is 0 Å². The van der Waals surface area contributed by atoms with Crippen molar-refractivity contribution in [1.29, 1.82) is 0 Å². The molecular weight excluding hydrogens is 657 g/mol. The van der Waals surface area contributed by atoms with Gasteiger partial charge in [-0.1, -0.05) is 153 Å². The summed E-state index contributed by atoms with van der Waals surface area (Å²) in [7, 11) is 3.71. The van der Waals surface area contributed by atoms with Crippen LogP contribution in [0, 0.1) is 0 Å². The molecule has 2 heteroatoms. The first-order valence-electron chi connectivity index (χ1n) is 18.6. The lowest BCUT2D eigenvalue weighted by atomic mass is 9.76. The molecule has 0 amide bonds. The van der Waals surface area contributed by atoms with Crippen LogP contribution in [0.2, 0.25) is 0 Å². The van der Waals surface area contributed by atoms with Crippen molar-refractivity contribution in [3.05, 3.63) is 191 Å². The number of rotatable bonds is 3. The number of fused-ring (bicyclic) bond motifs is 9. The highest BCUT2D eigenvalue weighted by molar-refractivity contribution is 6.32. The molecule has 0 spiro atoms. The highest BCUT2D eigenvalue weighted by Crippen LogP contribution is 2.53. The van der Waals surface area contributed by atoms with Gasteiger partial charge in [0.25, 0.3) is 0 Å². The second-order valence-corrected chi connectivity index (χ2v) is 16.0. The van der Waals surface area contributed by atoms with Crippen LogP contribution in [0.4, 0.5) is 0 Å². The fourth-order valence-electron chi connectivity index (χ4n) is 9.59. The van der Waals surface area contributed by atoms with Crippen molar-refractivity contribution >= 4 is 64.3 Å². The molecule has 2 aliphatic rings. The zero-order valence-electron chi connectivity index (χ0n) is 29.7. The Morgan fingerprint density at radius 2 is 1.15 bits per heavy atom. The summed E-state index contributed by atoms with van der Waals surface area (Å²) in [6, 6.07) is 56.1. The lowest BCUT2D eigenvalue weighted by Crippen LogP contribution is -2.15. The van der Waals surface area contributed by atoms with Crippen LogP contribution in [0.25, 0.3) is 71.1 Å². The Morgan fingerprint density at radius 1 is 0.566 bits per heavy atom. The van der Waals surface area contributed by atoms with Crippen LogP contribution in [0.5, 0.6) is 0 Å². The van der Waals surface area contributed by atoms with Gasteiger partial charge in [0, 0.05) is 27.9 Å². The number of hydrogen-bond donors (Lipinski definition) is 0. The number of allylic oxidation sites excluding steroid dienone is 1. The number of benzene rings is 8. The van der Waals surface area contributed by atoms with Gasteiger partial charge in [-0.15, -0.1) is 0 Å². The van der Waals surface area contributed by atoms with E-state index in [1.807, 2.05) is 0 Å². The summed E-state index contributed by atoms with van der Waals surface area (Å²) in [5, 5.41) is 10.1. The maximum Gasteiger partial charge on any atom is 0.138 e. The lowest BCUT2D eigenvalue weighted by molar-refractivity contribution is 0.587. The van der Waals surface area contributed by atoms with Crippen LogP contribution in [-0.4, -0.2) is 10.2 Å². The third-order valence-electron chi connectivity index (χ3n) is 12.1. The van der Waals surface area contributed by atoms with Gasteiger partial charge in [-0.25, -0.2) is 0 Å². The highest BCUT2D eigenvalue weighted by atomic mass is 28.1. The number of hydrogen-bond acceptors (Lipinski definition) is 1. The summed E-state index contributed by atoms with van der Waals surface area (Å²) < 4.78 is 6.64. The molecule has 9 aromatic rings. The first kappa shape index (κ1) is 30.6. The summed E-state index contributed by atoms with van der Waals surface area (Å²) in [5.41, 5.74) is 13.9. The van der Waals surface area contributed by atoms with Gasteiger partial charge in [0.15, 0.2) is 0 Å². The Balaban J connectivity index is 1.14. The van der Waals surface area contributed by atoms with Gasteiger partial charge < -0.3 is 4.42 Å². The maximum atomic E-state index is 6.64. The molecule has 0 N–H and O–H groups in total. The van der Waals surface area contributed by atoms with Crippen molar-refractivity contribution in [3.8, 4) is 22.3 Å². The third-order valence-corrected chi connectivity index (χ3v) is 12.4. The van der Waals surface area contributed by atoms with Gasteiger partial charge in [0.2, 0.25) is 0 Å². The smallest absolute Gasteiger partial charge is 0.138 e. The number of para-hydroxylation sites is 1. The van der Waals surface area contributed by atoms with Crippen LogP contribution in [-0.2, 0) is 11.8 Å². The normalized spacial score (nSPS) is 15.8. The summed E-state index contributed by atoms with van der Waals surface area (Å²) in [6.07, 6.45) is 3.35. The van der Waals surface area contributed by atoms with Crippen LogP contribution >= 0.6 is 0 Å². The minimum Gasteiger partial charge on any atom is -0.456 e. The monoisotopic (exact) mass is 691 g/mol. The van der Waals surface area contributed by atoms with Crippen molar-refractivity contribution in [2.24, 2.45) is 0 Å². The van der Waals surface area contributed by atoms with E-state index in [0.717, 1.165) is 34.1 Å². The van der Waals surface area contributed by atoms with E-state index in [-0.39, 0.29) is 11.3 Å². The van der Waals surface area contributed by atoms with Crippen molar-refractivity contribution in [2.45, 2.75) is 31.6 Å². The van der Waals surface area contributed by atoms with E-state index in [4.69, 9.17) is 4.42 Å². The van der Waals surface area contributed by atoms with Crippen LogP contribution in [0.1, 0.15) is 53.3 Å². The van der Waals surface area contributed by atoms with Crippen molar-refractivity contribution in [1.82, 2.24) is 0 Å². The Hall–Kier alpha value is -5.96. The van der Waals surface area contributed by atoms with Gasteiger partial charge in [0.05, 0.1) is 10.2 Å². The summed E-state index contributed by atoms with van der Waals surface area (Å²) in [5.74, 6) is 1.14. The standard InChI is InChI=1S/C51H35OSi/c1-51(2)45-29-33(21-24-36(45)43-25-31-11-3-4-12-32(31)28-46(43)51)48-38-14-5-7-16-40(38)49(41-17-8-6-15-39(41)48)34-26-42(30-19-22-35(53)23-20-30)50-44(27-34)37-13-9-10-18-47(37)52-50/h3-26,28-29,34H,27H2,1-2H3. The second-order valence-electron chi connectivity index (χ2n) is 15.4. The SMILES string of the molecule is CC1(C)c2cc(-c3c4ccccc4c(C4C=C(c5ccc([Si])cc5)c5oc6ccccc6c5C4)c4ccccc34)ccc2-c2cc3ccccc3cc21. The molecule has 3 radical (unpaired) electrons. The minimum atomic E-state index is -0.114. The molecule has 1 unspecified atom stereocenters. The van der Waals surface area contributed by atoms with E-state index in [0.29, 0.717) is 0 Å². The molecule has 1 heterocycles. The van der Waals surface area contributed by atoms with Crippen LogP contribution in [0.15, 0.2) is 162 Å². The quantitative estimate of drug-likeness (QED) is 0.133. The molecule has 249 valence electrons. The van der Waals surface area contributed by atoms with E-state index in [2.05, 4.69) is 182 Å². The second kappa shape index (κ2) is 11.3. The molecule has 2 aliphatic carbocycles. The van der Waals surface area contributed by atoms with Crippen molar-refractivity contribution in [2.75, 3.05) is 0 Å². The summed E-state index contributed by atoms with van der Waals surface area (Å²) in [6.45, 7) is 4.78. The number of furan rings is 1. The molecule has 1 atom stereocenters. The van der Waals surface area contributed by atoms with Gasteiger partial charge in [-0.05, 0) is 108 Å².